The largest absolute Gasteiger partial charge is 0.355 e. The van der Waals surface area contributed by atoms with Gasteiger partial charge in [0, 0.05) is 27.8 Å². The van der Waals surface area contributed by atoms with Gasteiger partial charge >= 0.3 is 0 Å². The Kier molecular flexibility index (Phi) is 4.00. The predicted molar refractivity (Wildman–Crippen MR) is 128 cm³/mol. The summed E-state index contributed by atoms with van der Waals surface area (Å²) in [5, 5.41) is 8.28. The zero-order valence-corrected chi connectivity index (χ0v) is 16.7. The third-order valence-electron chi connectivity index (χ3n) is 5.78. The molecule has 0 fully saturated rings. The van der Waals surface area contributed by atoms with E-state index in [1.165, 1.54) is 39.2 Å². The molecule has 5 aromatic carbocycles. The van der Waals surface area contributed by atoms with Crippen LogP contribution in [0.25, 0.3) is 38.3 Å². The number of hydrogen-bond donors (Lipinski definition) is 1. The lowest BCUT2D eigenvalue weighted by Gasteiger charge is -2.10. The number of nitrogens with one attached hydrogen (secondary N) is 1. The van der Waals surface area contributed by atoms with Crippen molar-refractivity contribution in [2.45, 2.75) is 0 Å². The maximum Gasteiger partial charge on any atom is 0.123 e. The SMILES string of the molecule is Fc1ccc(Nc2ccc3c4cc5ccccc5cc4n(-c4ccccc4)c3c2)cc1. The minimum absolute atomic E-state index is 0.239. The number of halogens is 1. The normalized spacial score (nSPS) is 11.4. The quantitative estimate of drug-likeness (QED) is 0.319. The molecule has 0 aliphatic carbocycles. The molecule has 0 saturated carbocycles. The fourth-order valence-electron chi connectivity index (χ4n) is 4.34. The van der Waals surface area contributed by atoms with E-state index in [9.17, 15) is 4.39 Å². The van der Waals surface area contributed by atoms with Gasteiger partial charge in [0.25, 0.3) is 0 Å². The molecule has 0 saturated heterocycles. The zero-order chi connectivity index (χ0) is 20.8. The molecule has 0 amide bonds. The molecule has 3 heteroatoms. The van der Waals surface area contributed by atoms with Crippen LogP contribution in [0.1, 0.15) is 0 Å². The Morgan fingerprint density at radius 3 is 1.97 bits per heavy atom. The van der Waals surface area contributed by atoms with Crippen LogP contribution in [-0.2, 0) is 0 Å². The van der Waals surface area contributed by atoms with Crippen LogP contribution in [0.5, 0.6) is 0 Å². The number of anilines is 2. The predicted octanol–water partition coefficient (Wildman–Crippen LogP) is 7.82. The Morgan fingerprint density at radius 2 is 1.19 bits per heavy atom. The molecule has 148 valence electrons. The van der Waals surface area contributed by atoms with Crippen molar-refractivity contribution < 1.29 is 4.39 Å². The van der Waals surface area contributed by atoms with Crippen LogP contribution in [0.15, 0.2) is 109 Å². The average molecular weight is 402 g/mol. The summed E-state index contributed by atoms with van der Waals surface area (Å²) in [5.74, 6) is -0.239. The molecule has 1 aromatic heterocycles. The molecular formula is C28H19FN2. The van der Waals surface area contributed by atoms with Crippen LogP contribution in [0.3, 0.4) is 0 Å². The summed E-state index contributed by atoms with van der Waals surface area (Å²) in [6, 6.07) is 36.3. The first-order valence-corrected chi connectivity index (χ1v) is 10.3. The van der Waals surface area contributed by atoms with Gasteiger partial charge in [0.15, 0.2) is 0 Å². The minimum atomic E-state index is -0.239. The third kappa shape index (κ3) is 3.03. The van der Waals surface area contributed by atoms with Crippen molar-refractivity contribution in [2.75, 3.05) is 5.32 Å². The second-order valence-corrected chi connectivity index (χ2v) is 7.75. The molecule has 0 bridgehead atoms. The number of benzene rings is 5. The molecule has 0 aliphatic heterocycles. The number of aromatic nitrogens is 1. The van der Waals surface area contributed by atoms with Gasteiger partial charge in [0.1, 0.15) is 5.82 Å². The number of nitrogens with zero attached hydrogens (tertiary/aromatic N) is 1. The van der Waals surface area contributed by atoms with Crippen molar-refractivity contribution in [3.8, 4) is 5.69 Å². The number of para-hydroxylation sites is 1. The summed E-state index contributed by atoms with van der Waals surface area (Å²) < 4.78 is 15.6. The Labute approximate surface area is 179 Å². The van der Waals surface area contributed by atoms with Crippen molar-refractivity contribution in [3.05, 3.63) is 115 Å². The van der Waals surface area contributed by atoms with Crippen LogP contribution >= 0.6 is 0 Å². The lowest BCUT2D eigenvalue weighted by molar-refractivity contribution is 0.628. The van der Waals surface area contributed by atoms with E-state index in [1.807, 2.05) is 6.07 Å². The second kappa shape index (κ2) is 6.99. The molecule has 0 aliphatic rings. The van der Waals surface area contributed by atoms with Crippen molar-refractivity contribution in [3.63, 3.8) is 0 Å². The van der Waals surface area contributed by atoms with Gasteiger partial charge in [-0.25, -0.2) is 4.39 Å². The smallest absolute Gasteiger partial charge is 0.123 e. The lowest BCUT2D eigenvalue weighted by Crippen LogP contribution is -1.95. The highest BCUT2D eigenvalue weighted by atomic mass is 19.1. The van der Waals surface area contributed by atoms with Gasteiger partial charge in [-0.3, -0.25) is 0 Å². The molecular weight excluding hydrogens is 383 g/mol. The standard InChI is InChI=1S/C28H19FN2/c29-21-10-12-22(13-11-21)30-23-14-15-25-26-16-19-6-4-5-7-20(19)17-27(26)31(28(25)18-23)24-8-2-1-3-9-24/h1-18,30H. The number of rotatable bonds is 3. The van der Waals surface area contributed by atoms with Gasteiger partial charge in [-0.05, 0) is 71.4 Å². The summed E-state index contributed by atoms with van der Waals surface area (Å²) >= 11 is 0. The van der Waals surface area contributed by atoms with Gasteiger partial charge < -0.3 is 9.88 Å². The molecule has 1 heterocycles. The first-order valence-electron chi connectivity index (χ1n) is 10.3. The zero-order valence-electron chi connectivity index (χ0n) is 16.7. The number of hydrogen-bond acceptors (Lipinski definition) is 1. The van der Waals surface area contributed by atoms with Gasteiger partial charge in [0.2, 0.25) is 0 Å². The highest BCUT2D eigenvalue weighted by Gasteiger charge is 2.14. The van der Waals surface area contributed by atoms with E-state index in [1.54, 1.807) is 12.1 Å². The van der Waals surface area contributed by atoms with Gasteiger partial charge in [-0.15, -0.1) is 0 Å². The Balaban J connectivity index is 1.62. The molecule has 0 atom stereocenters. The maximum atomic E-state index is 13.3. The van der Waals surface area contributed by atoms with Crippen LogP contribution in [0.4, 0.5) is 15.8 Å². The molecule has 1 N–H and O–H groups in total. The second-order valence-electron chi connectivity index (χ2n) is 7.75. The average Bonchev–Trinajstić information content (AvgIpc) is 3.12. The highest BCUT2D eigenvalue weighted by Crippen LogP contribution is 2.36. The summed E-state index contributed by atoms with van der Waals surface area (Å²) in [5.41, 5.74) is 5.25. The van der Waals surface area contributed by atoms with Crippen LogP contribution in [0, 0.1) is 5.82 Å². The van der Waals surface area contributed by atoms with E-state index in [0.717, 1.165) is 22.6 Å². The van der Waals surface area contributed by atoms with Crippen molar-refractivity contribution in [2.24, 2.45) is 0 Å². The van der Waals surface area contributed by atoms with E-state index in [4.69, 9.17) is 0 Å². The fourth-order valence-corrected chi connectivity index (χ4v) is 4.34. The highest BCUT2D eigenvalue weighted by molar-refractivity contribution is 6.14. The molecule has 0 spiro atoms. The summed E-state index contributed by atoms with van der Waals surface area (Å²) in [6.45, 7) is 0. The summed E-state index contributed by atoms with van der Waals surface area (Å²) in [4.78, 5) is 0. The van der Waals surface area contributed by atoms with E-state index < -0.39 is 0 Å². The van der Waals surface area contributed by atoms with Gasteiger partial charge in [0.05, 0.1) is 11.0 Å². The molecule has 2 nitrogen and oxygen atoms in total. The Hall–Kier alpha value is -4.11. The van der Waals surface area contributed by atoms with E-state index >= 15 is 0 Å². The Morgan fingerprint density at radius 1 is 0.548 bits per heavy atom. The molecule has 6 aromatic rings. The summed E-state index contributed by atoms with van der Waals surface area (Å²) in [7, 11) is 0. The van der Waals surface area contributed by atoms with E-state index in [-0.39, 0.29) is 5.82 Å². The molecule has 0 unspecified atom stereocenters. The van der Waals surface area contributed by atoms with Gasteiger partial charge in [-0.2, -0.15) is 0 Å². The Bertz CT molecular complexity index is 1550. The van der Waals surface area contributed by atoms with Crippen molar-refractivity contribution in [1.29, 1.82) is 0 Å². The van der Waals surface area contributed by atoms with E-state index in [2.05, 4.69) is 88.7 Å². The first kappa shape index (κ1) is 17.7. The topological polar surface area (TPSA) is 17.0 Å². The molecule has 0 radical (unpaired) electrons. The van der Waals surface area contributed by atoms with Gasteiger partial charge in [-0.1, -0.05) is 48.5 Å². The van der Waals surface area contributed by atoms with Crippen LogP contribution in [0.2, 0.25) is 0 Å². The van der Waals surface area contributed by atoms with Crippen LogP contribution in [-0.4, -0.2) is 4.57 Å². The van der Waals surface area contributed by atoms with Crippen molar-refractivity contribution in [1.82, 2.24) is 4.57 Å². The van der Waals surface area contributed by atoms with Crippen LogP contribution < -0.4 is 5.32 Å². The third-order valence-corrected chi connectivity index (χ3v) is 5.78. The monoisotopic (exact) mass is 402 g/mol. The fraction of sp³-hybridized carbons (Fsp3) is 0. The number of fused-ring (bicyclic) bond motifs is 4. The lowest BCUT2D eigenvalue weighted by atomic mass is 10.1. The molecule has 6 rings (SSSR count). The molecule has 31 heavy (non-hydrogen) atoms. The first-order chi connectivity index (χ1) is 15.3. The minimum Gasteiger partial charge on any atom is -0.355 e. The summed E-state index contributed by atoms with van der Waals surface area (Å²) in [6.07, 6.45) is 0. The van der Waals surface area contributed by atoms with E-state index in [0.29, 0.717) is 0 Å². The maximum absolute atomic E-state index is 13.3. The van der Waals surface area contributed by atoms with Crippen molar-refractivity contribution >= 4 is 44.0 Å².